The number of hydrogen-bond donors (Lipinski definition) is 2. The SMILES string of the molecule is CSc1ccc(Cl)cc1C(O)C(=O)O. The molecule has 0 aliphatic rings. The number of carboxylic acids is 1. The summed E-state index contributed by atoms with van der Waals surface area (Å²) in [7, 11) is 0. The van der Waals surface area contributed by atoms with Gasteiger partial charge in [0.05, 0.1) is 0 Å². The smallest absolute Gasteiger partial charge is 0.337 e. The van der Waals surface area contributed by atoms with Crippen LogP contribution in [0.5, 0.6) is 0 Å². The first-order valence-corrected chi connectivity index (χ1v) is 5.41. The van der Waals surface area contributed by atoms with E-state index < -0.39 is 12.1 Å². The van der Waals surface area contributed by atoms with Crippen LogP contribution < -0.4 is 0 Å². The summed E-state index contributed by atoms with van der Waals surface area (Å²) >= 11 is 7.08. The molecular formula is C9H9ClO3S. The number of hydrogen-bond acceptors (Lipinski definition) is 3. The Bertz CT molecular complexity index is 354. The zero-order valence-corrected chi connectivity index (χ0v) is 8.97. The lowest BCUT2D eigenvalue weighted by Gasteiger charge is -2.10. The Morgan fingerprint density at radius 1 is 1.57 bits per heavy atom. The molecule has 0 radical (unpaired) electrons. The van der Waals surface area contributed by atoms with E-state index in [0.717, 1.165) is 0 Å². The molecule has 0 fully saturated rings. The van der Waals surface area contributed by atoms with Crippen molar-refractivity contribution in [1.29, 1.82) is 0 Å². The Kier molecular flexibility index (Phi) is 3.80. The normalized spacial score (nSPS) is 12.5. The van der Waals surface area contributed by atoms with Gasteiger partial charge in [0.2, 0.25) is 0 Å². The van der Waals surface area contributed by atoms with E-state index in [0.29, 0.717) is 15.5 Å². The number of aliphatic carboxylic acids is 1. The van der Waals surface area contributed by atoms with Gasteiger partial charge >= 0.3 is 5.97 Å². The quantitative estimate of drug-likeness (QED) is 0.785. The van der Waals surface area contributed by atoms with Crippen LogP contribution in [-0.4, -0.2) is 22.4 Å². The van der Waals surface area contributed by atoms with Gasteiger partial charge in [0.25, 0.3) is 0 Å². The minimum Gasteiger partial charge on any atom is -0.479 e. The average molecular weight is 233 g/mol. The van der Waals surface area contributed by atoms with Gasteiger partial charge in [-0.15, -0.1) is 11.8 Å². The van der Waals surface area contributed by atoms with E-state index in [4.69, 9.17) is 16.7 Å². The van der Waals surface area contributed by atoms with Crippen molar-refractivity contribution in [1.82, 2.24) is 0 Å². The lowest BCUT2D eigenvalue weighted by atomic mass is 10.1. The minimum atomic E-state index is -1.52. The summed E-state index contributed by atoms with van der Waals surface area (Å²) < 4.78 is 0. The molecule has 1 rings (SSSR count). The second-order valence-corrected chi connectivity index (χ2v) is 3.91. The van der Waals surface area contributed by atoms with Crippen LogP contribution in [0.15, 0.2) is 23.1 Å². The zero-order valence-electron chi connectivity index (χ0n) is 7.40. The molecule has 0 spiro atoms. The van der Waals surface area contributed by atoms with E-state index in [2.05, 4.69) is 0 Å². The average Bonchev–Trinajstić information content (AvgIpc) is 2.16. The number of benzene rings is 1. The van der Waals surface area contributed by atoms with Crippen molar-refractivity contribution in [2.24, 2.45) is 0 Å². The summed E-state index contributed by atoms with van der Waals surface area (Å²) in [5.41, 5.74) is 0.331. The summed E-state index contributed by atoms with van der Waals surface area (Å²) in [6, 6.07) is 4.81. The van der Waals surface area contributed by atoms with Crippen molar-refractivity contribution in [3.05, 3.63) is 28.8 Å². The fraction of sp³-hybridized carbons (Fsp3) is 0.222. The summed E-state index contributed by atoms with van der Waals surface area (Å²) in [4.78, 5) is 11.3. The van der Waals surface area contributed by atoms with E-state index in [-0.39, 0.29) is 0 Å². The first-order chi connectivity index (χ1) is 6.56. The minimum absolute atomic E-state index is 0.331. The Morgan fingerprint density at radius 3 is 2.71 bits per heavy atom. The molecule has 1 unspecified atom stereocenters. The number of carbonyl (C=O) groups is 1. The molecule has 0 aliphatic carbocycles. The van der Waals surface area contributed by atoms with Gasteiger partial charge in [0.15, 0.2) is 6.10 Å². The van der Waals surface area contributed by atoms with Crippen molar-refractivity contribution in [3.63, 3.8) is 0 Å². The van der Waals surface area contributed by atoms with Gasteiger partial charge in [0.1, 0.15) is 0 Å². The highest BCUT2D eigenvalue weighted by atomic mass is 35.5. The van der Waals surface area contributed by atoms with Crippen LogP contribution in [0.4, 0.5) is 0 Å². The summed E-state index contributed by atoms with van der Waals surface area (Å²) in [5.74, 6) is -1.28. The molecule has 1 aromatic carbocycles. The molecular weight excluding hydrogens is 224 g/mol. The summed E-state index contributed by atoms with van der Waals surface area (Å²) in [6.07, 6.45) is 0.289. The number of aliphatic hydroxyl groups excluding tert-OH is 1. The molecule has 3 nitrogen and oxygen atoms in total. The number of rotatable bonds is 3. The highest BCUT2D eigenvalue weighted by Gasteiger charge is 2.19. The third kappa shape index (κ3) is 2.41. The van der Waals surface area contributed by atoms with Crippen LogP contribution in [0, 0.1) is 0 Å². The maximum Gasteiger partial charge on any atom is 0.337 e. The Balaban J connectivity index is 3.16. The van der Waals surface area contributed by atoms with Crippen LogP contribution >= 0.6 is 23.4 Å². The summed E-state index contributed by atoms with van der Waals surface area (Å²) in [5, 5.41) is 18.4. The van der Waals surface area contributed by atoms with Crippen molar-refractivity contribution in [3.8, 4) is 0 Å². The van der Waals surface area contributed by atoms with Crippen molar-refractivity contribution in [2.45, 2.75) is 11.0 Å². The molecule has 1 atom stereocenters. The van der Waals surface area contributed by atoms with Gasteiger partial charge in [-0.05, 0) is 24.5 Å². The predicted octanol–water partition coefficient (Wildman–Crippen LogP) is 2.18. The lowest BCUT2D eigenvalue weighted by molar-refractivity contribution is -0.147. The van der Waals surface area contributed by atoms with E-state index in [1.807, 2.05) is 0 Å². The van der Waals surface area contributed by atoms with Crippen molar-refractivity contribution < 1.29 is 15.0 Å². The van der Waals surface area contributed by atoms with Gasteiger partial charge in [-0.1, -0.05) is 11.6 Å². The van der Waals surface area contributed by atoms with Crippen LogP contribution in [0.25, 0.3) is 0 Å². The van der Waals surface area contributed by atoms with Gasteiger partial charge < -0.3 is 10.2 Å². The van der Waals surface area contributed by atoms with E-state index in [9.17, 15) is 9.90 Å². The van der Waals surface area contributed by atoms with Gasteiger partial charge in [-0.25, -0.2) is 4.79 Å². The molecule has 0 aromatic heterocycles. The van der Waals surface area contributed by atoms with Crippen LogP contribution in [-0.2, 0) is 4.79 Å². The fourth-order valence-electron chi connectivity index (χ4n) is 1.05. The monoisotopic (exact) mass is 232 g/mol. The van der Waals surface area contributed by atoms with E-state index in [1.165, 1.54) is 17.8 Å². The molecule has 5 heteroatoms. The van der Waals surface area contributed by atoms with Crippen LogP contribution in [0.2, 0.25) is 5.02 Å². The van der Waals surface area contributed by atoms with Gasteiger partial charge in [-0.3, -0.25) is 0 Å². The highest BCUT2D eigenvalue weighted by Crippen LogP contribution is 2.28. The molecule has 2 N–H and O–H groups in total. The van der Waals surface area contributed by atoms with E-state index in [1.54, 1.807) is 18.4 Å². The molecule has 0 saturated carbocycles. The Hall–Kier alpha value is -0.710. The standard InChI is InChI=1S/C9H9ClO3S/c1-14-7-3-2-5(10)4-6(7)8(11)9(12)13/h2-4,8,11H,1H3,(H,12,13). The molecule has 76 valence electrons. The molecule has 1 aromatic rings. The van der Waals surface area contributed by atoms with Gasteiger partial charge in [-0.2, -0.15) is 0 Å². The third-order valence-corrected chi connectivity index (χ3v) is 2.77. The van der Waals surface area contributed by atoms with Gasteiger partial charge in [0, 0.05) is 15.5 Å². The molecule has 0 saturated heterocycles. The maximum atomic E-state index is 10.6. The largest absolute Gasteiger partial charge is 0.479 e. The predicted molar refractivity (Wildman–Crippen MR) is 55.8 cm³/mol. The zero-order chi connectivity index (χ0) is 10.7. The molecule has 0 aliphatic heterocycles. The van der Waals surface area contributed by atoms with E-state index >= 15 is 0 Å². The first kappa shape index (κ1) is 11.4. The Labute approximate surface area is 90.7 Å². The number of thioether (sulfide) groups is 1. The molecule has 0 amide bonds. The number of halogens is 1. The molecule has 14 heavy (non-hydrogen) atoms. The maximum absolute atomic E-state index is 10.6. The molecule has 0 heterocycles. The second kappa shape index (κ2) is 4.68. The van der Waals surface area contributed by atoms with Crippen LogP contribution in [0.3, 0.4) is 0 Å². The Morgan fingerprint density at radius 2 is 2.21 bits per heavy atom. The highest BCUT2D eigenvalue weighted by molar-refractivity contribution is 7.98. The third-order valence-electron chi connectivity index (χ3n) is 1.72. The lowest BCUT2D eigenvalue weighted by Crippen LogP contribution is -2.11. The van der Waals surface area contributed by atoms with Crippen LogP contribution in [0.1, 0.15) is 11.7 Å². The molecule has 0 bridgehead atoms. The number of carboxylic acid groups (broad SMARTS) is 1. The number of aliphatic hydroxyl groups is 1. The second-order valence-electron chi connectivity index (χ2n) is 2.63. The topological polar surface area (TPSA) is 57.5 Å². The van der Waals surface area contributed by atoms with Crippen molar-refractivity contribution in [2.75, 3.05) is 6.26 Å². The summed E-state index contributed by atoms with van der Waals surface area (Å²) in [6.45, 7) is 0. The van der Waals surface area contributed by atoms with Crippen molar-refractivity contribution >= 4 is 29.3 Å². The fourth-order valence-corrected chi connectivity index (χ4v) is 1.84. The first-order valence-electron chi connectivity index (χ1n) is 3.80.